The summed E-state index contributed by atoms with van der Waals surface area (Å²) in [6.45, 7) is 0. The minimum Gasteiger partial charge on any atom is -0.303 e. The second-order valence-electron chi connectivity index (χ2n) is 2.37. The molecule has 2 aromatic heterocycles. The molecule has 0 saturated heterocycles. The number of hydrogen-bond donors (Lipinski definition) is 0. The van der Waals surface area contributed by atoms with E-state index in [0.717, 1.165) is 0 Å². The summed E-state index contributed by atoms with van der Waals surface area (Å²) in [5.74, 6) is 0. The van der Waals surface area contributed by atoms with Gasteiger partial charge in [0, 0.05) is 24.8 Å². The normalized spacial score (nSPS) is 10.8. The van der Waals surface area contributed by atoms with Crippen LogP contribution in [0.25, 0.3) is 0 Å². The molecule has 0 amide bonds. The van der Waals surface area contributed by atoms with Crippen molar-refractivity contribution in [1.82, 2.24) is 8.68 Å². The van der Waals surface area contributed by atoms with Crippen molar-refractivity contribution in [3.8, 4) is 0 Å². The summed E-state index contributed by atoms with van der Waals surface area (Å²) in [4.78, 5) is 0. The highest BCUT2D eigenvalue weighted by Crippen LogP contribution is 2.43. The van der Waals surface area contributed by atoms with E-state index in [4.69, 9.17) is 11.2 Å². The number of aromatic nitrogens is 2. The Balaban J connectivity index is 2.27. The number of rotatable bonds is 2. The summed E-state index contributed by atoms with van der Waals surface area (Å²) >= 11 is 6.21. The maximum absolute atomic E-state index is 6.21. The topological polar surface area (TPSA) is 9.86 Å². The number of halogens is 1. The van der Waals surface area contributed by atoms with Crippen LogP contribution in [0.1, 0.15) is 0 Å². The van der Waals surface area contributed by atoms with E-state index in [1.54, 1.807) is 0 Å². The fourth-order valence-corrected chi connectivity index (χ4v) is 2.58. The van der Waals surface area contributed by atoms with Crippen LogP contribution in [0.15, 0.2) is 49.1 Å². The molecule has 0 atom stereocenters. The van der Waals surface area contributed by atoms with Gasteiger partial charge >= 0.3 is 0 Å². The van der Waals surface area contributed by atoms with E-state index >= 15 is 0 Å². The lowest BCUT2D eigenvalue weighted by Crippen LogP contribution is -1.90. The molecule has 0 spiro atoms. The summed E-state index contributed by atoms with van der Waals surface area (Å²) in [5.41, 5.74) is 0. The molecule has 2 nitrogen and oxygen atoms in total. The Morgan fingerprint density at radius 2 is 1.08 bits per heavy atom. The summed E-state index contributed by atoms with van der Waals surface area (Å²) < 4.78 is 3.99. The molecule has 0 fully saturated rings. The van der Waals surface area contributed by atoms with Crippen LogP contribution in [-0.4, -0.2) is 8.68 Å². The molecule has 12 heavy (non-hydrogen) atoms. The second kappa shape index (κ2) is 3.34. The maximum atomic E-state index is 6.21. The number of nitrogens with zero attached hydrogens (tertiary/aromatic N) is 2. The first-order valence-corrected chi connectivity index (χ1v) is 5.75. The lowest BCUT2D eigenvalue weighted by Gasteiger charge is -2.11. The van der Waals surface area contributed by atoms with Crippen LogP contribution >= 0.6 is 18.8 Å². The van der Waals surface area contributed by atoms with Crippen LogP contribution in [0.5, 0.6) is 0 Å². The third kappa shape index (κ3) is 1.40. The molecular formula is C8H8ClN2P. The third-order valence-corrected chi connectivity index (χ3v) is 3.90. The van der Waals surface area contributed by atoms with Gasteiger partial charge < -0.3 is 8.68 Å². The predicted octanol–water partition coefficient (Wildman–Crippen LogP) is 3.15. The van der Waals surface area contributed by atoms with E-state index in [1.165, 1.54) is 0 Å². The average Bonchev–Trinajstić information content (AvgIpc) is 2.77. The zero-order chi connectivity index (χ0) is 8.39. The van der Waals surface area contributed by atoms with Gasteiger partial charge in [0.15, 0.2) is 0 Å². The molecule has 0 aliphatic heterocycles. The molecule has 4 heteroatoms. The van der Waals surface area contributed by atoms with Crippen molar-refractivity contribution in [1.29, 1.82) is 0 Å². The molecule has 0 aromatic carbocycles. The zero-order valence-corrected chi connectivity index (χ0v) is 7.99. The Kier molecular flexibility index (Phi) is 2.20. The van der Waals surface area contributed by atoms with Crippen LogP contribution in [0.2, 0.25) is 0 Å². The van der Waals surface area contributed by atoms with Crippen molar-refractivity contribution in [3.63, 3.8) is 0 Å². The highest BCUT2D eigenvalue weighted by atomic mass is 35.7. The largest absolute Gasteiger partial charge is 0.303 e. The average molecular weight is 199 g/mol. The van der Waals surface area contributed by atoms with Gasteiger partial charge in [-0.3, -0.25) is 0 Å². The molecule has 2 heterocycles. The molecule has 0 unspecified atom stereocenters. The molecule has 0 N–H and O–H groups in total. The first-order chi connectivity index (χ1) is 5.88. The van der Waals surface area contributed by atoms with Crippen LogP contribution in [0.4, 0.5) is 0 Å². The van der Waals surface area contributed by atoms with Gasteiger partial charge in [-0.15, -0.1) is 0 Å². The SMILES string of the molecule is ClP(n1cccc1)n1cccc1. The maximum Gasteiger partial charge on any atom is 0.205 e. The van der Waals surface area contributed by atoms with Gasteiger partial charge in [0.1, 0.15) is 0 Å². The minimum atomic E-state index is -0.791. The molecule has 62 valence electrons. The van der Waals surface area contributed by atoms with Gasteiger partial charge in [-0.25, -0.2) is 0 Å². The van der Waals surface area contributed by atoms with Gasteiger partial charge in [0.2, 0.25) is 7.58 Å². The highest BCUT2D eigenvalue weighted by Gasteiger charge is 2.05. The Morgan fingerprint density at radius 1 is 0.750 bits per heavy atom. The van der Waals surface area contributed by atoms with E-state index in [0.29, 0.717) is 0 Å². The van der Waals surface area contributed by atoms with Crippen molar-refractivity contribution in [2.45, 2.75) is 0 Å². The Labute approximate surface area is 77.0 Å². The van der Waals surface area contributed by atoms with E-state index < -0.39 is 7.58 Å². The molecule has 0 radical (unpaired) electrons. The van der Waals surface area contributed by atoms with Crippen LogP contribution in [0, 0.1) is 0 Å². The summed E-state index contributed by atoms with van der Waals surface area (Å²) in [6, 6.07) is 7.89. The van der Waals surface area contributed by atoms with Gasteiger partial charge in [-0.2, -0.15) is 0 Å². The van der Waals surface area contributed by atoms with Crippen LogP contribution in [-0.2, 0) is 0 Å². The molecular weight excluding hydrogens is 191 g/mol. The van der Waals surface area contributed by atoms with E-state index in [9.17, 15) is 0 Å². The van der Waals surface area contributed by atoms with Gasteiger partial charge in [0.25, 0.3) is 0 Å². The molecule has 2 rings (SSSR count). The van der Waals surface area contributed by atoms with E-state index in [2.05, 4.69) is 0 Å². The highest BCUT2D eigenvalue weighted by molar-refractivity contribution is 7.81. The summed E-state index contributed by atoms with van der Waals surface area (Å²) in [5, 5.41) is 0. The Hall–Kier alpha value is -0.720. The molecule has 2 aromatic rings. The molecule has 0 saturated carbocycles. The monoisotopic (exact) mass is 198 g/mol. The van der Waals surface area contributed by atoms with Crippen molar-refractivity contribution < 1.29 is 0 Å². The first-order valence-electron chi connectivity index (χ1n) is 3.60. The lowest BCUT2D eigenvalue weighted by atomic mass is 10.7. The van der Waals surface area contributed by atoms with E-state index in [-0.39, 0.29) is 0 Å². The fraction of sp³-hybridized carbons (Fsp3) is 0. The predicted molar refractivity (Wildman–Crippen MR) is 52.4 cm³/mol. The first kappa shape index (κ1) is 7.90. The van der Waals surface area contributed by atoms with Gasteiger partial charge in [-0.1, -0.05) is 0 Å². The smallest absolute Gasteiger partial charge is 0.205 e. The van der Waals surface area contributed by atoms with Gasteiger partial charge in [-0.05, 0) is 35.5 Å². The lowest BCUT2D eigenvalue weighted by molar-refractivity contribution is 1.16. The summed E-state index contributed by atoms with van der Waals surface area (Å²) in [7, 11) is -0.791. The number of hydrogen-bond acceptors (Lipinski definition) is 0. The molecule has 0 aliphatic carbocycles. The Morgan fingerprint density at radius 3 is 1.42 bits per heavy atom. The van der Waals surface area contributed by atoms with Crippen LogP contribution < -0.4 is 0 Å². The fourth-order valence-electron chi connectivity index (χ4n) is 0.990. The molecule has 0 aliphatic rings. The van der Waals surface area contributed by atoms with Crippen molar-refractivity contribution in [2.75, 3.05) is 0 Å². The van der Waals surface area contributed by atoms with Crippen LogP contribution in [0.3, 0.4) is 0 Å². The van der Waals surface area contributed by atoms with Crippen molar-refractivity contribution in [2.24, 2.45) is 0 Å². The van der Waals surface area contributed by atoms with Crippen molar-refractivity contribution in [3.05, 3.63) is 49.1 Å². The van der Waals surface area contributed by atoms with Gasteiger partial charge in [0.05, 0.1) is 0 Å². The zero-order valence-electron chi connectivity index (χ0n) is 6.34. The molecule has 0 bridgehead atoms. The second-order valence-corrected chi connectivity index (χ2v) is 4.68. The quantitative estimate of drug-likeness (QED) is 0.656. The standard InChI is InChI=1S/C8H8ClN2P/c9-12(10-5-1-2-6-10)11-7-3-4-8-11/h1-8H. The van der Waals surface area contributed by atoms with Crippen molar-refractivity contribution >= 4 is 18.8 Å². The van der Waals surface area contributed by atoms with E-state index in [1.807, 2.05) is 57.7 Å². The Bertz CT molecular complexity index is 294. The minimum absolute atomic E-state index is 0.791. The summed E-state index contributed by atoms with van der Waals surface area (Å²) in [6.07, 6.45) is 7.88. The third-order valence-electron chi connectivity index (χ3n) is 1.56.